The standard InChI is InChI=1S/C11H15NO4/c1-2-15-10-5-3-9(4-6-10)12-11(14)16-8-7-13/h3-6,13H,2,7-8H2,1H3,(H,12,14). The van der Waals surface area contributed by atoms with Gasteiger partial charge in [0.1, 0.15) is 12.4 Å². The first-order valence-electron chi connectivity index (χ1n) is 5.03. The van der Waals surface area contributed by atoms with Crippen LogP contribution in [0.4, 0.5) is 10.5 Å². The molecule has 0 heterocycles. The van der Waals surface area contributed by atoms with E-state index in [9.17, 15) is 4.79 Å². The van der Waals surface area contributed by atoms with Gasteiger partial charge in [0.2, 0.25) is 0 Å². The SMILES string of the molecule is CCOc1ccc(NC(=O)OCCO)cc1. The molecule has 0 atom stereocenters. The zero-order valence-corrected chi connectivity index (χ0v) is 9.10. The number of hydrogen-bond donors (Lipinski definition) is 2. The second-order valence-electron chi connectivity index (χ2n) is 2.94. The van der Waals surface area contributed by atoms with Crippen LogP contribution in [-0.4, -0.2) is 31.0 Å². The van der Waals surface area contributed by atoms with E-state index in [2.05, 4.69) is 10.1 Å². The summed E-state index contributed by atoms with van der Waals surface area (Å²) in [6.45, 7) is 2.31. The van der Waals surface area contributed by atoms with Gasteiger partial charge in [-0.2, -0.15) is 0 Å². The average molecular weight is 225 g/mol. The van der Waals surface area contributed by atoms with E-state index in [0.717, 1.165) is 5.75 Å². The third kappa shape index (κ3) is 4.18. The van der Waals surface area contributed by atoms with Crippen LogP contribution in [0.25, 0.3) is 0 Å². The molecule has 1 aromatic rings. The van der Waals surface area contributed by atoms with E-state index in [0.29, 0.717) is 12.3 Å². The fraction of sp³-hybridized carbons (Fsp3) is 0.364. The highest BCUT2D eigenvalue weighted by molar-refractivity contribution is 5.84. The van der Waals surface area contributed by atoms with Crippen molar-refractivity contribution in [2.45, 2.75) is 6.92 Å². The Bertz CT molecular complexity index is 323. The molecular weight excluding hydrogens is 210 g/mol. The topological polar surface area (TPSA) is 67.8 Å². The minimum atomic E-state index is -0.585. The first-order valence-corrected chi connectivity index (χ1v) is 5.03. The molecule has 0 unspecified atom stereocenters. The molecule has 0 aromatic heterocycles. The zero-order chi connectivity index (χ0) is 11.8. The Balaban J connectivity index is 2.45. The molecule has 0 fully saturated rings. The molecule has 0 radical (unpaired) electrons. The third-order valence-corrected chi connectivity index (χ3v) is 1.74. The molecule has 1 rings (SSSR count). The monoisotopic (exact) mass is 225 g/mol. The van der Waals surface area contributed by atoms with Gasteiger partial charge in [0.05, 0.1) is 13.2 Å². The van der Waals surface area contributed by atoms with Gasteiger partial charge in [0.15, 0.2) is 0 Å². The number of aliphatic hydroxyl groups excluding tert-OH is 1. The third-order valence-electron chi connectivity index (χ3n) is 1.74. The highest BCUT2D eigenvalue weighted by Crippen LogP contribution is 2.15. The van der Waals surface area contributed by atoms with Gasteiger partial charge in [-0.15, -0.1) is 0 Å². The van der Waals surface area contributed by atoms with Crippen LogP contribution in [0.1, 0.15) is 6.92 Å². The number of anilines is 1. The predicted molar refractivity (Wildman–Crippen MR) is 59.7 cm³/mol. The Labute approximate surface area is 94.0 Å². The van der Waals surface area contributed by atoms with Gasteiger partial charge < -0.3 is 14.6 Å². The maximum Gasteiger partial charge on any atom is 0.411 e. The second-order valence-corrected chi connectivity index (χ2v) is 2.94. The van der Waals surface area contributed by atoms with Gasteiger partial charge in [-0.1, -0.05) is 0 Å². The van der Waals surface area contributed by atoms with Gasteiger partial charge in [-0.05, 0) is 31.2 Å². The molecule has 0 bridgehead atoms. The molecule has 5 heteroatoms. The molecule has 0 saturated heterocycles. The Morgan fingerprint density at radius 2 is 2.06 bits per heavy atom. The van der Waals surface area contributed by atoms with Crippen LogP contribution in [0, 0.1) is 0 Å². The maximum atomic E-state index is 11.1. The van der Waals surface area contributed by atoms with Crippen LogP contribution in [0.15, 0.2) is 24.3 Å². The van der Waals surface area contributed by atoms with Crippen LogP contribution >= 0.6 is 0 Å². The molecule has 0 spiro atoms. The fourth-order valence-corrected chi connectivity index (χ4v) is 1.09. The molecule has 1 amide bonds. The molecule has 1 aromatic carbocycles. The van der Waals surface area contributed by atoms with Crippen LogP contribution in [0.3, 0.4) is 0 Å². The van der Waals surface area contributed by atoms with Crippen LogP contribution in [-0.2, 0) is 4.74 Å². The Kier molecular flexibility index (Phi) is 5.15. The van der Waals surface area contributed by atoms with Gasteiger partial charge in [0, 0.05) is 5.69 Å². The number of ether oxygens (including phenoxy) is 2. The zero-order valence-electron chi connectivity index (χ0n) is 9.10. The minimum absolute atomic E-state index is 0.0110. The van der Waals surface area contributed by atoms with Crippen molar-refractivity contribution in [2.75, 3.05) is 25.1 Å². The summed E-state index contributed by atoms with van der Waals surface area (Å²) >= 11 is 0. The quantitative estimate of drug-likeness (QED) is 0.799. The van der Waals surface area contributed by atoms with Crippen molar-refractivity contribution in [1.29, 1.82) is 0 Å². The summed E-state index contributed by atoms with van der Waals surface area (Å²) < 4.78 is 9.90. The lowest BCUT2D eigenvalue weighted by Crippen LogP contribution is -2.15. The molecule has 2 N–H and O–H groups in total. The molecule has 0 aliphatic rings. The molecule has 88 valence electrons. The lowest BCUT2D eigenvalue weighted by molar-refractivity contribution is 0.131. The largest absolute Gasteiger partial charge is 0.494 e. The number of nitrogens with one attached hydrogen (secondary N) is 1. The number of hydrogen-bond acceptors (Lipinski definition) is 4. The van der Waals surface area contributed by atoms with Crippen molar-refractivity contribution in [3.63, 3.8) is 0 Å². The number of carbonyl (C=O) groups is 1. The van der Waals surface area contributed by atoms with Gasteiger partial charge in [-0.3, -0.25) is 5.32 Å². The Hall–Kier alpha value is -1.75. The van der Waals surface area contributed by atoms with Crippen molar-refractivity contribution < 1.29 is 19.4 Å². The van der Waals surface area contributed by atoms with Crippen molar-refractivity contribution >= 4 is 11.8 Å². The van der Waals surface area contributed by atoms with E-state index in [1.165, 1.54) is 0 Å². The lowest BCUT2D eigenvalue weighted by atomic mass is 10.3. The second kappa shape index (κ2) is 6.68. The van der Waals surface area contributed by atoms with E-state index < -0.39 is 6.09 Å². The van der Waals surface area contributed by atoms with Crippen molar-refractivity contribution in [3.8, 4) is 5.75 Å². The number of carbonyl (C=O) groups excluding carboxylic acids is 1. The normalized spacial score (nSPS) is 9.62. The van der Waals surface area contributed by atoms with Crippen molar-refractivity contribution in [3.05, 3.63) is 24.3 Å². The van der Waals surface area contributed by atoms with Crippen molar-refractivity contribution in [2.24, 2.45) is 0 Å². The molecule has 5 nitrogen and oxygen atoms in total. The Morgan fingerprint density at radius 1 is 1.38 bits per heavy atom. The van der Waals surface area contributed by atoms with Gasteiger partial charge in [-0.25, -0.2) is 4.79 Å². The van der Waals surface area contributed by atoms with Gasteiger partial charge >= 0.3 is 6.09 Å². The number of benzene rings is 1. The molecule has 16 heavy (non-hydrogen) atoms. The minimum Gasteiger partial charge on any atom is -0.494 e. The number of aliphatic hydroxyl groups is 1. The molecule has 0 saturated carbocycles. The summed E-state index contributed by atoms with van der Waals surface area (Å²) in [6, 6.07) is 6.94. The molecule has 0 aliphatic carbocycles. The number of amides is 1. The smallest absolute Gasteiger partial charge is 0.411 e. The van der Waals surface area contributed by atoms with E-state index >= 15 is 0 Å². The van der Waals surface area contributed by atoms with Crippen LogP contribution in [0.5, 0.6) is 5.75 Å². The molecule has 0 aliphatic heterocycles. The van der Waals surface area contributed by atoms with E-state index in [4.69, 9.17) is 9.84 Å². The summed E-state index contributed by atoms with van der Waals surface area (Å²) in [6.07, 6.45) is -0.585. The molecular formula is C11H15NO4. The van der Waals surface area contributed by atoms with E-state index in [1.54, 1.807) is 24.3 Å². The predicted octanol–water partition coefficient (Wildman–Crippen LogP) is 1.63. The summed E-state index contributed by atoms with van der Waals surface area (Å²) in [5.41, 5.74) is 0.617. The van der Waals surface area contributed by atoms with Gasteiger partial charge in [0.25, 0.3) is 0 Å². The van der Waals surface area contributed by atoms with Crippen LogP contribution < -0.4 is 10.1 Å². The van der Waals surface area contributed by atoms with E-state index in [-0.39, 0.29) is 13.2 Å². The number of rotatable bonds is 5. The summed E-state index contributed by atoms with van der Waals surface area (Å²) in [7, 11) is 0. The van der Waals surface area contributed by atoms with Crippen LogP contribution in [0.2, 0.25) is 0 Å². The lowest BCUT2D eigenvalue weighted by Gasteiger charge is -2.07. The average Bonchev–Trinajstić information content (AvgIpc) is 2.29. The first-order chi connectivity index (χ1) is 7.76. The summed E-state index contributed by atoms with van der Waals surface area (Å²) in [4.78, 5) is 11.1. The maximum absolute atomic E-state index is 11.1. The summed E-state index contributed by atoms with van der Waals surface area (Å²) in [5, 5.41) is 11.0. The Morgan fingerprint density at radius 3 is 2.62 bits per heavy atom. The fourth-order valence-electron chi connectivity index (χ4n) is 1.09. The van der Waals surface area contributed by atoms with E-state index in [1.807, 2.05) is 6.92 Å². The first kappa shape index (κ1) is 12.3. The highest BCUT2D eigenvalue weighted by atomic mass is 16.6. The highest BCUT2D eigenvalue weighted by Gasteiger charge is 2.02. The summed E-state index contributed by atoms with van der Waals surface area (Å²) in [5.74, 6) is 0.747. The van der Waals surface area contributed by atoms with Crippen molar-refractivity contribution in [1.82, 2.24) is 0 Å².